The maximum Gasteiger partial charge on any atom is 0.269 e. The molecule has 1 aliphatic rings. The fourth-order valence-electron chi connectivity index (χ4n) is 2.38. The van der Waals surface area contributed by atoms with Gasteiger partial charge in [-0.25, -0.2) is 8.42 Å². The monoisotopic (exact) mass is 314 g/mol. The second kappa shape index (κ2) is 6.40. The van der Waals surface area contributed by atoms with Crippen LogP contribution in [0.5, 0.6) is 5.75 Å². The summed E-state index contributed by atoms with van der Waals surface area (Å²) in [6, 6.07) is 5.69. The van der Waals surface area contributed by atoms with Crippen molar-refractivity contribution >= 4 is 15.5 Å². The van der Waals surface area contributed by atoms with Gasteiger partial charge in [-0.05, 0) is 25.1 Å². The van der Waals surface area contributed by atoms with Crippen molar-refractivity contribution in [1.82, 2.24) is 5.32 Å². The summed E-state index contributed by atoms with van der Waals surface area (Å²) < 4.78 is 28.9. The Morgan fingerprint density at radius 3 is 2.57 bits per heavy atom. The molecule has 0 aliphatic carbocycles. The maximum absolute atomic E-state index is 11.5. The van der Waals surface area contributed by atoms with Gasteiger partial charge in [0.05, 0.1) is 10.7 Å². The van der Waals surface area contributed by atoms with Crippen LogP contribution in [0, 0.1) is 16.0 Å². The lowest BCUT2D eigenvalue weighted by molar-refractivity contribution is -0.384. The minimum atomic E-state index is -3.16. The van der Waals surface area contributed by atoms with E-state index in [9.17, 15) is 18.5 Å². The number of nitrogens with zero attached hydrogens (tertiary/aromatic N) is 1. The molecule has 8 heteroatoms. The molecule has 1 fully saturated rings. The molecule has 2 atom stereocenters. The second-order valence-electron chi connectivity index (χ2n) is 5.25. The van der Waals surface area contributed by atoms with Gasteiger partial charge in [0.1, 0.15) is 11.9 Å². The van der Waals surface area contributed by atoms with Crippen molar-refractivity contribution in [3.8, 4) is 5.75 Å². The molecule has 1 saturated heterocycles. The van der Waals surface area contributed by atoms with Crippen LogP contribution >= 0.6 is 0 Å². The van der Waals surface area contributed by atoms with Gasteiger partial charge in [0.15, 0.2) is 9.84 Å². The van der Waals surface area contributed by atoms with Crippen molar-refractivity contribution < 1.29 is 18.1 Å². The van der Waals surface area contributed by atoms with Crippen LogP contribution in [0.25, 0.3) is 0 Å². The molecule has 7 nitrogen and oxygen atoms in total. The Morgan fingerprint density at radius 1 is 1.43 bits per heavy atom. The van der Waals surface area contributed by atoms with E-state index in [1.54, 1.807) is 0 Å². The number of hydrogen-bond acceptors (Lipinski definition) is 6. The number of benzene rings is 1. The van der Waals surface area contributed by atoms with Crippen LogP contribution in [0.1, 0.15) is 6.42 Å². The van der Waals surface area contributed by atoms with E-state index in [4.69, 9.17) is 4.74 Å². The van der Waals surface area contributed by atoms with E-state index in [0.29, 0.717) is 12.3 Å². The fourth-order valence-corrected chi connectivity index (χ4v) is 3.32. The van der Waals surface area contributed by atoms with Gasteiger partial charge in [-0.3, -0.25) is 10.1 Å². The number of nitro benzene ring substituents is 1. The molecule has 1 aromatic rings. The zero-order chi connectivity index (χ0) is 15.5. The van der Waals surface area contributed by atoms with Crippen LogP contribution in [0.15, 0.2) is 24.3 Å². The van der Waals surface area contributed by atoms with Crippen LogP contribution in [-0.4, -0.2) is 44.5 Å². The van der Waals surface area contributed by atoms with Crippen molar-refractivity contribution in [3.05, 3.63) is 34.4 Å². The Bertz CT molecular complexity index is 593. The van der Waals surface area contributed by atoms with Gasteiger partial charge in [-0.2, -0.15) is 0 Å². The molecule has 0 bridgehead atoms. The maximum atomic E-state index is 11.5. The highest BCUT2D eigenvalue weighted by molar-refractivity contribution is 7.90. The molecule has 1 unspecified atom stereocenters. The normalized spacial score (nSPS) is 20.1. The topological polar surface area (TPSA) is 98.5 Å². The van der Waals surface area contributed by atoms with Gasteiger partial charge in [0.25, 0.3) is 5.69 Å². The third kappa shape index (κ3) is 4.68. The van der Waals surface area contributed by atoms with E-state index >= 15 is 0 Å². The Balaban J connectivity index is 2.11. The van der Waals surface area contributed by atoms with Gasteiger partial charge < -0.3 is 10.1 Å². The zero-order valence-corrected chi connectivity index (χ0v) is 12.5. The lowest BCUT2D eigenvalue weighted by Crippen LogP contribution is -2.35. The molecule has 116 valence electrons. The minimum Gasteiger partial charge on any atom is -0.489 e. The molecule has 1 heterocycles. The van der Waals surface area contributed by atoms with Crippen LogP contribution in [-0.2, 0) is 9.84 Å². The molecule has 0 spiro atoms. The molecule has 21 heavy (non-hydrogen) atoms. The third-order valence-electron chi connectivity index (χ3n) is 3.43. The van der Waals surface area contributed by atoms with Crippen molar-refractivity contribution in [3.63, 3.8) is 0 Å². The summed E-state index contributed by atoms with van der Waals surface area (Å²) in [6.07, 6.45) is 1.59. The van der Waals surface area contributed by atoms with Gasteiger partial charge in [0.2, 0.25) is 0 Å². The van der Waals surface area contributed by atoms with Crippen molar-refractivity contribution in [2.45, 2.75) is 12.5 Å². The first-order valence-corrected chi connectivity index (χ1v) is 8.71. The first-order valence-electron chi connectivity index (χ1n) is 6.65. The van der Waals surface area contributed by atoms with Gasteiger partial charge >= 0.3 is 0 Å². The Kier molecular flexibility index (Phi) is 4.79. The summed E-state index contributed by atoms with van der Waals surface area (Å²) in [5.41, 5.74) is -0.0236. The second-order valence-corrected chi connectivity index (χ2v) is 7.44. The largest absolute Gasteiger partial charge is 0.489 e. The van der Waals surface area contributed by atoms with Crippen LogP contribution in [0.2, 0.25) is 0 Å². The summed E-state index contributed by atoms with van der Waals surface area (Å²) >= 11 is 0. The fraction of sp³-hybridized carbons (Fsp3) is 0.538. The Hall–Kier alpha value is -1.67. The SMILES string of the molecule is CS(=O)(=O)C[C@@H](Oc1ccc([N+](=O)[O-])cc1)C1CCNC1. The summed E-state index contributed by atoms with van der Waals surface area (Å²) in [6.45, 7) is 1.56. The molecule has 2 rings (SSSR count). The van der Waals surface area contributed by atoms with Crippen molar-refractivity contribution in [2.75, 3.05) is 25.1 Å². The molecule has 0 saturated carbocycles. The molecule has 1 N–H and O–H groups in total. The number of ether oxygens (including phenoxy) is 1. The van der Waals surface area contributed by atoms with E-state index in [1.807, 2.05) is 0 Å². The van der Waals surface area contributed by atoms with Gasteiger partial charge in [-0.1, -0.05) is 0 Å². The minimum absolute atomic E-state index is 0.0236. The number of hydrogen-bond donors (Lipinski definition) is 1. The van der Waals surface area contributed by atoms with E-state index in [2.05, 4.69) is 5.32 Å². The van der Waals surface area contributed by atoms with E-state index in [0.717, 1.165) is 13.0 Å². The number of nitro groups is 1. The highest BCUT2D eigenvalue weighted by Gasteiger charge is 2.29. The molecular weight excluding hydrogens is 296 g/mol. The van der Waals surface area contributed by atoms with Crippen LogP contribution in [0.4, 0.5) is 5.69 Å². The Morgan fingerprint density at radius 2 is 2.10 bits per heavy atom. The smallest absolute Gasteiger partial charge is 0.269 e. The number of sulfone groups is 1. The van der Waals surface area contributed by atoms with Crippen molar-refractivity contribution in [1.29, 1.82) is 0 Å². The summed E-state index contributed by atoms with van der Waals surface area (Å²) in [7, 11) is -3.16. The predicted octanol–water partition coefficient (Wildman–Crippen LogP) is 0.996. The highest BCUT2D eigenvalue weighted by Crippen LogP contribution is 2.23. The number of rotatable bonds is 6. The summed E-state index contributed by atoms with van der Waals surface area (Å²) in [5, 5.41) is 13.8. The van der Waals surface area contributed by atoms with E-state index < -0.39 is 20.9 Å². The van der Waals surface area contributed by atoms with Gasteiger partial charge in [0, 0.05) is 30.9 Å². The zero-order valence-electron chi connectivity index (χ0n) is 11.7. The van der Waals surface area contributed by atoms with E-state index in [-0.39, 0.29) is 17.4 Å². The molecule has 0 radical (unpaired) electrons. The molecule has 0 amide bonds. The van der Waals surface area contributed by atoms with Gasteiger partial charge in [-0.15, -0.1) is 0 Å². The predicted molar refractivity (Wildman–Crippen MR) is 78.2 cm³/mol. The first kappa shape index (κ1) is 15.7. The number of non-ortho nitro benzene ring substituents is 1. The summed E-state index contributed by atoms with van der Waals surface area (Å²) in [5.74, 6) is 0.507. The highest BCUT2D eigenvalue weighted by atomic mass is 32.2. The average molecular weight is 314 g/mol. The van der Waals surface area contributed by atoms with Crippen molar-refractivity contribution in [2.24, 2.45) is 5.92 Å². The molecule has 1 aromatic carbocycles. The van der Waals surface area contributed by atoms with E-state index in [1.165, 1.54) is 30.5 Å². The summed E-state index contributed by atoms with van der Waals surface area (Å²) in [4.78, 5) is 10.1. The average Bonchev–Trinajstić information content (AvgIpc) is 2.91. The van der Waals surface area contributed by atoms with Crippen LogP contribution < -0.4 is 10.1 Å². The molecule has 1 aliphatic heterocycles. The lowest BCUT2D eigenvalue weighted by atomic mass is 10.0. The lowest BCUT2D eigenvalue weighted by Gasteiger charge is -2.23. The molecule has 0 aromatic heterocycles. The van der Waals surface area contributed by atoms with Crippen LogP contribution in [0.3, 0.4) is 0 Å². The number of nitrogens with one attached hydrogen (secondary N) is 1. The molecular formula is C13H18N2O5S. The quantitative estimate of drug-likeness (QED) is 0.621. The standard InChI is InChI=1S/C13H18N2O5S/c1-21(18,19)9-13(10-6-7-14-8-10)20-12-4-2-11(3-5-12)15(16)17/h2-5,10,13-14H,6-9H2,1H3/t10?,13-/m1/s1. The first-order chi connectivity index (χ1) is 9.85. The Labute approximate surface area is 123 Å². The third-order valence-corrected chi connectivity index (χ3v) is 4.36.